The van der Waals surface area contributed by atoms with Crippen LogP contribution >= 0.6 is 11.6 Å². The van der Waals surface area contributed by atoms with Gasteiger partial charge in [-0.25, -0.2) is 0 Å². The van der Waals surface area contributed by atoms with Gasteiger partial charge in [-0.3, -0.25) is 5.10 Å². The Morgan fingerprint density at radius 2 is 1.26 bits per heavy atom. The van der Waals surface area contributed by atoms with Crippen molar-refractivity contribution in [3.8, 4) is 11.3 Å². The molecule has 3 aromatic carbocycles. The van der Waals surface area contributed by atoms with Crippen molar-refractivity contribution in [2.45, 2.75) is 5.92 Å². The number of benzene rings is 3. The first kappa shape index (κ1) is 18.0. The number of para-hydroxylation sites is 2. The summed E-state index contributed by atoms with van der Waals surface area (Å²) in [4.78, 5) is 6.90. The van der Waals surface area contributed by atoms with Crippen molar-refractivity contribution >= 4 is 33.4 Å². The van der Waals surface area contributed by atoms with E-state index in [0.29, 0.717) is 0 Å². The molecule has 3 heterocycles. The average molecular weight is 423 g/mol. The first-order valence-electron chi connectivity index (χ1n) is 10.2. The van der Waals surface area contributed by atoms with Gasteiger partial charge in [-0.05, 0) is 41.0 Å². The third-order valence-corrected chi connectivity index (χ3v) is 6.23. The zero-order valence-electron chi connectivity index (χ0n) is 16.6. The molecule has 0 fully saturated rings. The molecule has 0 aliphatic heterocycles. The molecule has 3 N–H and O–H groups in total. The van der Waals surface area contributed by atoms with E-state index >= 15 is 0 Å². The Bertz CT molecular complexity index is 1430. The van der Waals surface area contributed by atoms with Crippen molar-refractivity contribution in [1.82, 2.24) is 20.2 Å². The van der Waals surface area contributed by atoms with E-state index < -0.39 is 0 Å². The first-order valence-corrected chi connectivity index (χ1v) is 10.6. The summed E-state index contributed by atoms with van der Waals surface area (Å²) in [7, 11) is 0. The molecular formula is C26H19ClN4. The molecule has 4 nitrogen and oxygen atoms in total. The highest BCUT2D eigenvalue weighted by molar-refractivity contribution is 6.30. The molecule has 5 heteroatoms. The van der Waals surface area contributed by atoms with Crippen LogP contribution in [0.1, 0.15) is 22.6 Å². The van der Waals surface area contributed by atoms with Crippen LogP contribution in [0.3, 0.4) is 0 Å². The molecule has 0 radical (unpaired) electrons. The Morgan fingerprint density at radius 1 is 0.677 bits per heavy atom. The third-order valence-electron chi connectivity index (χ3n) is 5.98. The van der Waals surface area contributed by atoms with Crippen LogP contribution in [0, 0.1) is 0 Å². The molecule has 0 unspecified atom stereocenters. The Morgan fingerprint density at radius 3 is 1.87 bits per heavy atom. The molecule has 0 bridgehead atoms. The highest BCUT2D eigenvalue weighted by atomic mass is 35.5. The molecule has 0 saturated heterocycles. The van der Waals surface area contributed by atoms with Crippen molar-refractivity contribution in [2.75, 3.05) is 0 Å². The Kier molecular flexibility index (Phi) is 4.18. The van der Waals surface area contributed by atoms with E-state index in [-0.39, 0.29) is 5.92 Å². The van der Waals surface area contributed by atoms with E-state index in [1.165, 1.54) is 21.9 Å². The second-order valence-electron chi connectivity index (χ2n) is 7.72. The molecule has 0 spiro atoms. The van der Waals surface area contributed by atoms with Gasteiger partial charge in [0.2, 0.25) is 0 Å². The average Bonchev–Trinajstić information content (AvgIpc) is 3.55. The fourth-order valence-electron chi connectivity index (χ4n) is 4.53. The lowest BCUT2D eigenvalue weighted by Crippen LogP contribution is -2.03. The number of hydrogen-bond donors (Lipinski definition) is 3. The van der Waals surface area contributed by atoms with E-state index in [9.17, 15) is 0 Å². The molecule has 6 aromatic rings. The number of aromatic amines is 3. The second-order valence-corrected chi connectivity index (χ2v) is 8.16. The Labute approximate surface area is 183 Å². The molecule has 3 aromatic heterocycles. The van der Waals surface area contributed by atoms with Crippen LogP contribution in [0.2, 0.25) is 5.02 Å². The fourth-order valence-corrected chi connectivity index (χ4v) is 4.66. The van der Waals surface area contributed by atoms with Crippen LogP contribution in [-0.2, 0) is 0 Å². The lowest BCUT2D eigenvalue weighted by Gasteiger charge is -2.17. The maximum absolute atomic E-state index is 6.13. The summed E-state index contributed by atoms with van der Waals surface area (Å²) in [5.41, 5.74) is 7.86. The number of fused-ring (bicyclic) bond motifs is 2. The maximum Gasteiger partial charge on any atom is 0.0691 e. The lowest BCUT2D eigenvalue weighted by atomic mass is 9.84. The summed E-state index contributed by atoms with van der Waals surface area (Å²) in [5, 5.41) is 10.8. The van der Waals surface area contributed by atoms with Gasteiger partial charge in [0, 0.05) is 50.7 Å². The zero-order chi connectivity index (χ0) is 20.8. The summed E-state index contributed by atoms with van der Waals surface area (Å²) in [6, 6.07) is 24.7. The standard InChI is InChI=1S/C26H19ClN4/c27-17-11-9-16(10-12-17)26-22(15-30-31-26)25(20-13-28-23-7-3-1-5-18(20)23)21-14-29-24-8-4-2-6-19(21)24/h1-15,25,28-29H,(H,30,31). The number of H-pyrrole nitrogens is 3. The Hall–Kier alpha value is -3.76. The van der Waals surface area contributed by atoms with Crippen LogP contribution in [0.4, 0.5) is 0 Å². The summed E-state index contributed by atoms with van der Waals surface area (Å²) < 4.78 is 0. The van der Waals surface area contributed by atoms with Gasteiger partial charge in [0.25, 0.3) is 0 Å². The van der Waals surface area contributed by atoms with Crippen LogP contribution in [0.25, 0.3) is 33.1 Å². The topological polar surface area (TPSA) is 60.3 Å². The van der Waals surface area contributed by atoms with Crippen LogP contribution in [0.15, 0.2) is 91.4 Å². The number of hydrogen-bond acceptors (Lipinski definition) is 1. The normalized spacial score (nSPS) is 11.7. The second kappa shape index (κ2) is 7.18. The number of nitrogens with zero attached hydrogens (tertiary/aromatic N) is 1. The van der Waals surface area contributed by atoms with E-state index in [1.807, 2.05) is 30.5 Å². The van der Waals surface area contributed by atoms with Crippen molar-refractivity contribution in [3.63, 3.8) is 0 Å². The van der Waals surface area contributed by atoms with Crippen LogP contribution in [-0.4, -0.2) is 20.2 Å². The fraction of sp³-hybridized carbons (Fsp3) is 0.0385. The molecule has 0 aliphatic carbocycles. The van der Waals surface area contributed by atoms with Gasteiger partial charge in [-0.2, -0.15) is 5.10 Å². The van der Waals surface area contributed by atoms with Gasteiger partial charge in [0.1, 0.15) is 0 Å². The molecule has 31 heavy (non-hydrogen) atoms. The van der Waals surface area contributed by atoms with Gasteiger partial charge < -0.3 is 9.97 Å². The van der Waals surface area contributed by atoms with E-state index in [1.54, 1.807) is 0 Å². The molecular weight excluding hydrogens is 404 g/mol. The molecule has 6 rings (SSSR count). The summed E-state index contributed by atoms with van der Waals surface area (Å²) in [6.45, 7) is 0. The number of nitrogens with one attached hydrogen (secondary N) is 3. The molecule has 0 atom stereocenters. The van der Waals surface area contributed by atoms with Crippen LogP contribution in [0.5, 0.6) is 0 Å². The summed E-state index contributed by atoms with van der Waals surface area (Å²) in [5.74, 6) is -0.00303. The highest BCUT2D eigenvalue weighted by Crippen LogP contribution is 2.42. The van der Waals surface area contributed by atoms with Crippen molar-refractivity contribution < 1.29 is 0 Å². The minimum Gasteiger partial charge on any atom is -0.361 e. The predicted octanol–water partition coefficient (Wildman–Crippen LogP) is 6.87. The highest BCUT2D eigenvalue weighted by Gasteiger charge is 2.27. The zero-order valence-corrected chi connectivity index (χ0v) is 17.3. The summed E-state index contributed by atoms with van der Waals surface area (Å²) >= 11 is 6.13. The minimum absolute atomic E-state index is 0.00303. The number of rotatable bonds is 4. The minimum atomic E-state index is -0.00303. The van der Waals surface area contributed by atoms with Gasteiger partial charge in [-0.15, -0.1) is 0 Å². The van der Waals surface area contributed by atoms with Gasteiger partial charge in [-0.1, -0.05) is 60.1 Å². The Balaban J connectivity index is 1.63. The smallest absolute Gasteiger partial charge is 0.0691 e. The summed E-state index contributed by atoms with van der Waals surface area (Å²) in [6.07, 6.45) is 6.18. The monoisotopic (exact) mass is 422 g/mol. The lowest BCUT2D eigenvalue weighted by molar-refractivity contribution is 1.00. The number of halogens is 1. The first-order chi connectivity index (χ1) is 15.3. The van der Waals surface area contributed by atoms with E-state index in [2.05, 4.69) is 81.1 Å². The number of aromatic nitrogens is 4. The molecule has 150 valence electrons. The van der Waals surface area contributed by atoms with Crippen LogP contribution < -0.4 is 0 Å². The van der Waals surface area contributed by atoms with Crippen molar-refractivity contribution in [3.05, 3.63) is 113 Å². The molecule has 0 saturated carbocycles. The van der Waals surface area contributed by atoms with E-state index in [4.69, 9.17) is 11.6 Å². The van der Waals surface area contributed by atoms with Crippen molar-refractivity contribution in [2.24, 2.45) is 0 Å². The van der Waals surface area contributed by atoms with Crippen molar-refractivity contribution in [1.29, 1.82) is 0 Å². The van der Waals surface area contributed by atoms with Gasteiger partial charge >= 0.3 is 0 Å². The quantitative estimate of drug-likeness (QED) is 0.285. The maximum atomic E-state index is 6.13. The largest absolute Gasteiger partial charge is 0.361 e. The van der Waals surface area contributed by atoms with E-state index in [0.717, 1.165) is 32.9 Å². The van der Waals surface area contributed by atoms with Gasteiger partial charge in [0.05, 0.1) is 11.9 Å². The molecule has 0 amide bonds. The SMILES string of the molecule is Clc1ccc(-c2[nH]ncc2C(c2c[nH]c3ccccc23)c2c[nH]c3ccccc23)cc1. The predicted molar refractivity (Wildman–Crippen MR) is 127 cm³/mol. The molecule has 0 aliphatic rings. The van der Waals surface area contributed by atoms with Gasteiger partial charge in [0.15, 0.2) is 0 Å². The third kappa shape index (κ3) is 2.95.